The van der Waals surface area contributed by atoms with Crippen LogP contribution in [0.1, 0.15) is 60.8 Å². The minimum absolute atomic E-state index is 0.0138. The number of hydrogen-bond donors (Lipinski definition) is 0. The summed E-state index contributed by atoms with van der Waals surface area (Å²) in [5.41, 5.74) is 0.263. The molecule has 91 valence electrons. The molecule has 16 heavy (non-hydrogen) atoms. The lowest BCUT2D eigenvalue weighted by Crippen LogP contribution is -2.33. The minimum Gasteiger partial charge on any atom is -0.500 e. The van der Waals surface area contributed by atoms with Crippen LogP contribution < -0.4 is 0 Å². The predicted octanol–water partition coefficient (Wildman–Crippen LogP) is 3.93. The fourth-order valence-electron chi connectivity index (χ4n) is 2.53. The van der Waals surface area contributed by atoms with E-state index in [0.717, 1.165) is 0 Å². The van der Waals surface area contributed by atoms with Crippen molar-refractivity contribution >= 4 is 10.5 Å². The molecule has 0 spiro atoms. The molecule has 0 saturated heterocycles. The Morgan fingerprint density at radius 2 is 1.75 bits per heavy atom. The Hall–Kier alpha value is -0.423. The van der Waals surface area contributed by atoms with E-state index in [1.807, 2.05) is 0 Å². The largest absolute Gasteiger partial charge is 0.500 e. The molecule has 1 nitrogen and oxygen atoms in total. The second kappa shape index (κ2) is 6.35. The third-order valence-electron chi connectivity index (χ3n) is 3.19. The number of unbranched alkanes of at least 4 members (excludes halogenated alkanes) is 1. The normalized spacial score (nSPS) is 13.9. The van der Waals surface area contributed by atoms with Crippen molar-refractivity contribution in [1.29, 1.82) is 0 Å². The molecule has 0 aromatic rings. The van der Waals surface area contributed by atoms with Gasteiger partial charge in [0.05, 0.1) is 6.11 Å². The lowest BCUT2D eigenvalue weighted by molar-refractivity contribution is 0.119. The highest BCUT2D eigenvalue weighted by molar-refractivity contribution is 5.98. The summed E-state index contributed by atoms with van der Waals surface area (Å²) >= 11 is 0. The molecule has 3 radical (unpaired) electrons. The van der Waals surface area contributed by atoms with Gasteiger partial charge in [0.2, 0.25) is 0 Å². The molecule has 0 aromatic heterocycles. The molecule has 0 fully saturated rings. The van der Waals surface area contributed by atoms with Crippen molar-refractivity contribution in [2.24, 2.45) is 16.7 Å². The van der Waals surface area contributed by atoms with Gasteiger partial charge in [-0.3, -0.25) is 0 Å². The number of rotatable bonds is 4. The van der Waals surface area contributed by atoms with Crippen LogP contribution in [0.5, 0.6) is 0 Å². The monoisotopic (exact) mass is 237 g/mol. The van der Waals surface area contributed by atoms with Crippen molar-refractivity contribution in [2.75, 3.05) is 0 Å². The fraction of sp³-hybridized carbons (Fsp3) is 0.857. The van der Waals surface area contributed by atoms with Crippen LogP contribution in [0.25, 0.3) is 0 Å². The third-order valence-corrected chi connectivity index (χ3v) is 3.29. The fourth-order valence-corrected chi connectivity index (χ4v) is 2.58. The molecule has 0 amide bonds. The summed E-state index contributed by atoms with van der Waals surface area (Å²) in [5, 5.41) is 0. The van der Waals surface area contributed by atoms with E-state index in [9.17, 15) is 0 Å². The highest BCUT2D eigenvalue weighted by Gasteiger charge is 2.36. The molecule has 0 aromatic carbocycles. The van der Waals surface area contributed by atoms with Crippen molar-refractivity contribution in [3.8, 4) is 12.0 Å². The average Bonchev–Trinajstić information content (AvgIpc) is 2.13. The molecule has 0 aliphatic heterocycles. The first kappa shape index (κ1) is 15.6. The molecule has 0 bridgehead atoms. The van der Waals surface area contributed by atoms with Crippen molar-refractivity contribution in [1.82, 2.24) is 0 Å². The van der Waals surface area contributed by atoms with Crippen molar-refractivity contribution < 1.29 is 4.43 Å². The first-order valence-electron chi connectivity index (χ1n) is 6.10. The van der Waals surface area contributed by atoms with Crippen LogP contribution in [-0.4, -0.2) is 10.5 Å². The lowest BCUT2D eigenvalue weighted by atomic mass is 9.64. The SMILES string of the molecule is CCCC[C@@H](C(C)(C)C)C(C)(C)C#CO[Si]. The van der Waals surface area contributed by atoms with Crippen LogP contribution in [0.15, 0.2) is 0 Å². The maximum Gasteiger partial charge on any atom is 0.359 e. The Bertz CT molecular complexity index is 252. The zero-order chi connectivity index (χ0) is 12.8. The molecule has 0 N–H and O–H groups in total. The van der Waals surface area contributed by atoms with Gasteiger partial charge in [-0.2, -0.15) is 0 Å². The standard InChI is InChI=1S/C14H25OSi/c1-7-8-9-12(13(2,3)4)14(5,6)10-11-15-16/h12H,7-9H2,1-6H3/t12-/m0/s1. The Morgan fingerprint density at radius 3 is 2.12 bits per heavy atom. The highest BCUT2D eigenvalue weighted by Crippen LogP contribution is 2.42. The predicted molar refractivity (Wildman–Crippen MR) is 70.9 cm³/mol. The van der Waals surface area contributed by atoms with Gasteiger partial charge in [0.25, 0.3) is 0 Å². The summed E-state index contributed by atoms with van der Waals surface area (Å²) in [7, 11) is 2.93. The summed E-state index contributed by atoms with van der Waals surface area (Å²) in [5.74, 6) is 3.78. The van der Waals surface area contributed by atoms with E-state index < -0.39 is 0 Å². The first-order chi connectivity index (χ1) is 7.25. The highest BCUT2D eigenvalue weighted by atomic mass is 28.2. The summed E-state index contributed by atoms with van der Waals surface area (Å²) in [4.78, 5) is 0. The minimum atomic E-state index is -0.0138. The van der Waals surface area contributed by atoms with E-state index >= 15 is 0 Å². The molecule has 0 heterocycles. The summed E-state index contributed by atoms with van der Waals surface area (Å²) in [6.45, 7) is 13.5. The molecule has 0 rings (SSSR count). The van der Waals surface area contributed by atoms with Crippen molar-refractivity contribution in [2.45, 2.75) is 60.8 Å². The molecule has 0 unspecified atom stereocenters. The van der Waals surface area contributed by atoms with Crippen LogP contribution in [0.4, 0.5) is 0 Å². The van der Waals surface area contributed by atoms with E-state index in [1.165, 1.54) is 19.3 Å². The van der Waals surface area contributed by atoms with Gasteiger partial charge in [-0.05, 0) is 31.6 Å². The van der Waals surface area contributed by atoms with Crippen LogP contribution >= 0.6 is 0 Å². The molecule has 0 aliphatic rings. The summed E-state index contributed by atoms with van der Waals surface area (Å²) in [6.07, 6.45) is 6.41. The van der Waals surface area contributed by atoms with Crippen LogP contribution in [0, 0.1) is 28.8 Å². The maximum absolute atomic E-state index is 4.69. The molecule has 2 heteroatoms. The van der Waals surface area contributed by atoms with Crippen LogP contribution in [0.3, 0.4) is 0 Å². The maximum atomic E-state index is 4.69. The van der Waals surface area contributed by atoms with Gasteiger partial charge >= 0.3 is 10.5 Å². The lowest BCUT2D eigenvalue weighted by Gasteiger charge is -2.40. The molecule has 0 saturated carbocycles. The van der Waals surface area contributed by atoms with Gasteiger partial charge < -0.3 is 4.43 Å². The van der Waals surface area contributed by atoms with Crippen molar-refractivity contribution in [3.05, 3.63) is 0 Å². The summed E-state index contributed by atoms with van der Waals surface area (Å²) in [6, 6.07) is 0. The second-order valence-corrected chi connectivity index (χ2v) is 6.32. The van der Waals surface area contributed by atoms with Gasteiger partial charge in [0.1, 0.15) is 0 Å². The first-order valence-corrected chi connectivity index (χ1v) is 6.51. The molecular formula is C14H25OSi. The van der Waals surface area contributed by atoms with E-state index in [0.29, 0.717) is 5.92 Å². The zero-order valence-electron chi connectivity index (χ0n) is 11.6. The second-order valence-electron chi connectivity index (χ2n) is 6.11. The Labute approximate surface area is 105 Å². The quantitative estimate of drug-likeness (QED) is 0.532. The van der Waals surface area contributed by atoms with E-state index in [4.69, 9.17) is 0 Å². The van der Waals surface area contributed by atoms with Crippen LogP contribution in [0.2, 0.25) is 0 Å². The van der Waals surface area contributed by atoms with Gasteiger partial charge in [-0.1, -0.05) is 46.5 Å². The Kier molecular flexibility index (Phi) is 6.18. The van der Waals surface area contributed by atoms with Gasteiger partial charge in [0.15, 0.2) is 0 Å². The van der Waals surface area contributed by atoms with Crippen LogP contribution in [-0.2, 0) is 4.43 Å². The molecule has 0 aliphatic carbocycles. The Balaban J connectivity index is 4.87. The van der Waals surface area contributed by atoms with E-state index in [-0.39, 0.29) is 10.8 Å². The third kappa shape index (κ3) is 5.07. The summed E-state index contributed by atoms with van der Waals surface area (Å²) < 4.78 is 4.69. The zero-order valence-corrected chi connectivity index (χ0v) is 12.6. The topological polar surface area (TPSA) is 9.23 Å². The van der Waals surface area contributed by atoms with Gasteiger partial charge in [-0.25, -0.2) is 0 Å². The van der Waals surface area contributed by atoms with Crippen molar-refractivity contribution in [3.63, 3.8) is 0 Å². The number of hydrogen-bond acceptors (Lipinski definition) is 1. The Morgan fingerprint density at radius 1 is 1.19 bits per heavy atom. The molecule has 1 atom stereocenters. The van der Waals surface area contributed by atoms with Gasteiger partial charge in [-0.15, -0.1) is 0 Å². The average molecular weight is 237 g/mol. The molecular weight excluding hydrogens is 212 g/mol. The van der Waals surface area contributed by atoms with E-state index in [2.05, 4.69) is 68.5 Å². The smallest absolute Gasteiger partial charge is 0.359 e. The van der Waals surface area contributed by atoms with E-state index in [1.54, 1.807) is 0 Å². The van der Waals surface area contributed by atoms with Gasteiger partial charge in [0, 0.05) is 5.41 Å².